The molecule has 0 spiro atoms. The van der Waals surface area contributed by atoms with Gasteiger partial charge in [0.25, 0.3) is 0 Å². The van der Waals surface area contributed by atoms with Crippen LogP contribution in [0.4, 0.5) is 0 Å². The van der Waals surface area contributed by atoms with Gasteiger partial charge in [0.05, 0.1) is 6.04 Å². The van der Waals surface area contributed by atoms with Crippen LogP contribution in [0.2, 0.25) is 0 Å². The van der Waals surface area contributed by atoms with E-state index in [1.54, 1.807) is 11.3 Å². The maximum Gasteiger partial charge on any atom is 0.0648 e. The Labute approximate surface area is 77.1 Å². The molecule has 1 heterocycles. The van der Waals surface area contributed by atoms with Gasteiger partial charge in [0.2, 0.25) is 0 Å². The smallest absolute Gasteiger partial charge is 0.0648 e. The zero-order chi connectivity index (χ0) is 9.14. The molecule has 1 atom stereocenters. The first kappa shape index (κ1) is 9.45. The van der Waals surface area contributed by atoms with Crippen molar-refractivity contribution < 1.29 is 0 Å². The van der Waals surface area contributed by atoms with Gasteiger partial charge in [0.1, 0.15) is 0 Å². The fourth-order valence-corrected chi connectivity index (χ4v) is 2.05. The fourth-order valence-electron chi connectivity index (χ4n) is 1.12. The van der Waals surface area contributed by atoms with E-state index in [1.165, 1.54) is 16.0 Å². The Kier molecular flexibility index (Phi) is 3.03. The Morgan fingerprint density at radius 1 is 1.67 bits per heavy atom. The van der Waals surface area contributed by atoms with E-state index in [9.17, 15) is 0 Å². The van der Waals surface area contributed by atoms with Crippen molar-refractivity contribution in [3.05, 3.63) is 34.0 Å². The SMILES string of the molecule is C=CC(NN)c1csc(C)c1C. The molecule has 0 aliphatic rings. The molecule has 0 fully saturated rings. The highest BCUT2D eigenvalue weighted by atomic mass is 32.1. The van der Waals surface area contributed by atoms with E-state index in [2.05, 4.69) is 31.2 Å². The molecule has 0 saturated heterocycles. The van der Waals surface area contributed by atoms with E-state index in [-0.39, 0.29) is 6.04 Å². The van der Waals surface area contributed by atoms with Gasteiger partial charge in [-0.15, -0.1) is 17.9 Å². The summed E-state index contributed by atoms with van der Waals surface area (Å²) in [6, 6.07) is 0.0787. The number of hydrazine groups is 1. The average molecular weight is 182 g/mol. The van der Waals surface area contributed by atoms with Gasteiger partial charge in [-0.3, -0.25) is 5.84 Å². The summed E-state index contributed by atoms with van der Waals surface area (Å²) < 4.78 is 0. The summed E-state index contributed by atoms with van der Waals surface area (Å²) in [6.45, 7) is 7.94. The first-order chi connectivity index (χ1) is 5.70. The lowest BCUT2D eigenvalue weighted by Gasteiger charge is -2.10. The highest BCUT2D eigenvalue weighted by molar-refractivity contribution is 7.10. The molecule has 0 bridgehead atoms. The lowest BCUT2D eigenvalue weighted by molar-refractivity contribution is 0.655. The van der Waals surface area contributed by atoms with Crippen molar-refractivity contribution in [3.63, 3.8) is 0 Å². The summed E-state index contributed by atoms with van der Waals surface area (Å²) in [6.07, 6.45) is 1.81. The summed E-state index contributed by atoms with van der Waals surface area (Å²) in [5.41, 5.74) is 5.25. The molecule has 2 nitrogen and oxygen atoms in total. The van der Waals surface area contributed by atoms with Gasteiger partial charge in [-0.05, 0) is 30.4 Å². The quantitative estimate of drug-likeness (QED) is 0.426. The minimum Gasteiger partial charge on any atom is -0.271 e. The van der Waals surface area contributed by atoms with Crippen molar-refractivity contribution in [2.45, 2.75) is 19.9 Å². The molecule has 1 rings (SSSR count). The second-order valence-electron chi connectivity index (χ2n) is 2.75. The fraction of sp³-hybridized carbons (Fsp3) is 0.333. The predicted molar refractivity (Wildman–Crippen MR) is 54.1 cm³/mol. The monoisotopic (exact) mass is 182 g/mol. The minimum atomic E-state index is 0.0787. The van der Waals surface area contributed by atoms with Crippen LogP contribution in [0.15, 0.2) is 18.0 Å². The molecule has 3 heteroatoms. The van der Waals surface area contributed by atoms with Gasteiger partial charge >= 0.3 is 0 Å². The molecule has 0 amide bonds. The van der Waals surface area contributed by atoms with Crippen LogP contribution in [0.1, 0.15) is 22.0 Å². The van der Waals surface area contributed by atoms with Crippen LogP contribution in [0.5, 0.6) is 0 Å². The average Bonchev–Trinajstić information content (AvgIpc) is 2.38. The van der Waals surface area contributed by atoms with Gasteiger partial charge in [-0.2, -0.15) is 0 Å². The molecule has 3 N–H and O–H groups in total. The minimum absolute atomic E-state index is 0.0787. The molecular formula is C9H14N2S. The highest BCUT2D eigenvalue weighted by Gasteiger charge is 2.10. The number of nitrogens with one attached hydrogen (secondary N) is 1. The predicted octanol–water partition coefficient (Wildman–Crippen LogP) is 2.06. The lowest BCUT2D eigenvalue weighted by Crippen LogP contribution is -2.26. The van der Waals surface area contributed by atoms with E-state index in [0.29, 0.717) is 0 Å². The molecule has 0 aromatic carbocycles. The van der Waals surface area contributed by atoms with E-state index < -0.39 is 0 Å². The van der Waals surface area contributed by atoms with E-state index in [4.69, 9.17) is 5.84 Å². The van der Waals surface area contributed by atoms with Crippen molar-refractivity contribution in [1.29, 1.82) is 0 Å². The molecule has 0 saturated carbocycles. The molecule has 1 aromatic rings. The molecule has 1 aromatic heterocycles. The van der Waals surface area contributed by atoms with Gasteiger partial charge < -0.3 is 0 Å². The molecule has 0 aliphatic heterocycles. The standard InChI is InChI=1S/C9H14N2S/c1-4-9(11-10)8-5-12-7(3)6(8)2/h4-5,9,11H,1,10H2,2-3H3. The van der Waals surface area contributed by atoms with Gasteiger partial charge in [0.15, 0.2) is 0 Å². The lowest BCUT2D eigenvalue weighted by atomic mass is 10.1. The summed E-state index contributed by atoms with van der Waals surface area (Å²) in [4.78, 5) is 1.34. The van der Waals surface area contributed by atoms with Gasteiger partial charge in [-0.1, -0.05) is 6.08 Å². The highest BCUT2D eigenvalue weighted by Crippen LogP contribution is 2.26. The summed E-state index contributed by atoms with van der Waals surface area (Å²) >= 11 is 1.75. The zero-order valence-corrected chi connectivity index (χ0v) is 8.24. The van der Waals surface area contributed by atoms with Crippen molar-refractivity contribution >= 4 is 11.3 Å². The van der Waals surface area contributed by atoms with Crippen LogP contribution in [0, 0.1) is 13.8 Å². The Balaban J connectivity index is 3.00. The third-order valence-electron chi connectivity index (χ3n) is 2.07. The molecule has 66 valence electrons. The summed E-state index contributed by atoms with van der Waals surface area (Å²) in [7, 11) is 0. The van der Waals surface area contributed by atoms with Gasteiger partial charge in [-0.25, -0.2) is 5.43 Å². The Bertz CT molecular complexity index is 278. The second kappa shape index (κ2) is 3.85. The molecular weight excluding hydrogens is 168 g/mol. The number of rotatable bonds is 3. The first-order valence-corrected chi connectivity index (χ1v) is 4.72. The maximum absolute atomic E-state index is 5.38. The number of hydrogen-bond donors (Lipinski definition) is 2. The van der Waals surface area contributed by atoms with Crippen molar-refractivity contribution in [1.82, 2.24) is 5.43 Å². The first-order valence-electron chi connectivity index (χ1n) is 3.84. The second-order valence-corrected chi connectivity index (χ2v) is 3.84. The zero-order valence-electron chi connectivity index (χ0n) is 7.42. The Morgan fingerprint density at radius 2 is 2.33 bits per heavy atom. The topological polar surface area (TPSA) is 38.0 Å². The Morgan fingerprint density at radius 3 is 2.67 bits per heavy atom. The Hall–Kier alpha value is -0.640. The molecule has 1 unspecified atom stereocenters. The normalized spacial score (nSPS) is 12.9. The molecule has 0 radical (unpaired) electrons. The largest absolute Gasteiger partial charge is 0.271 e. The number of thiophene rings is 1. The van der Waals surface area contributed by atoms with E-state index >= 15 is 0 Å². The van der Waals surface area contributed by atoms with E-state index in [1.807, 2.05) is 6.08 Å². The van der Waals surface area contributed by atoms with Crippen LogP contribution in [-0.4, -0.2) is 0 Å². The summed E-state index contributed by atoms with van der Waals surface area (Å²) in [5.74, 6) is 5.38. The van der Waals surface area contributed by atoms with Crippen LogP contribution in [0.25, 0.3) is 0 Å². The van der Waals surface area contributed by atoms with Crippen LogP contribution in [-0.2, 0) is 0 Å². The van der Waals surface area contributed by atoms with E-state index in [0.717, 1.165) is 0 Å². The third-order valence-corrected chi connectivity index (χ3v) is 3.11. The van der Waals surface area contributed by atoms with Crippen LogP contribution in [0.3, 0.4) is 0 Å². The molecule has 0 aliphatic carbocycles. The van der Waals surface area contributed by atoms with Crippen molar-refractivity contribution in [2.75, 3.05) is 0 Å². The number of hydrogen-bond acceptors (Lipinski definition) is 3. The molecule has 12 heavy (non-hydrogen) atoms. The van der Waals surface area contributed by atoms with Crippen LogP contribution < -0.4 is 11.3 Å². The van der Waals surface area contributed by atoms with Crippen molar-refractivity contribution in [2.24, 2.45) is 5.84 Å². The number of nitrogens with two attached hydrogens (primary N) is 1. The van der Waals surface area contributed by atoms with Crippen LogP contribution >= 0.6 is 11.3 Å². The maximum atomic E-state index is 5.38. The third kappa shape index (κ3) is 1.58. The van der Waals surface area contributed by atoms with Crippen molar-refractivity contribution in [3.8, 4) is 0 Å². The van der Waals surface area contributed by atoms with Gasteiger partial charge in [0, 0.05) is 4.88 Å². The number of aryl methyl sites for hydroxylation is 1. The summed E-state index contributed by atoms with van der Waals surface area (Å²) in [5, 5.41) is 2.12.